The fraction of sp³-hybridized carbons (Fsp3) is 0.727. The van der Waals surface area contributed by atoms with Gasteiger partial charge in [0, 0.05) is 18.6 Å². The lowest BCUT2D eigenvalue weighted by Crippen LogP contribution is -2.50. The summed E-state index contributed by atoms with van der Waals surface area (Å²) in [6.07, 6.45) is -0.100. The number of amides is 3. The second-order valence-corrected chi connectivity index (χ2v) is 5.03. The van der Waals surface area contributed by atoms with Crippen molar-refractivity contribution in [2.45, 2.75) is 38.8 Å². The van der Waals surface area contributed by atoms with E-state index in [0.29, 0.717) is 0 Å². The van der Waals surface area contributed by atoms with Gasteiger partial charge in [-0.3, -0.25) is 4.79 Å². The molecule has 1 atom stereocenters. The zero-order valence-corrected chi connectivity index (χ0v) is 11.3. The molecule has 5 N–H and O–H groups in total. The Hall–Kier alpha value is -1.83. The number of hydrogen-bond donors (Lipinski definition) is 5. The third kappa shape index (κ3) is 8.83. The van der Waals surface area contributed by atoms with Crippen molar-refractivity contribution in [2.24, 2.45) is 0 Å². The first-order chi connectivity index (χ1) is 8.65. The van der Waals surface area contributed by atoms with Crippen molar-refractivity contribution in [3.05, 3.63) is 0 Å². The van der Waals surface area contributed by atoms with Crippen LogP contribution in [0.1, 0.15) is 27.2 Å². The molecule has 0 rings (SSSR count). The van der Waals surface area contributed by atoms with Crippen LogP contribution in [-0.2, 0) is 9.59 Å². The van der Waals surface area contributed by atoms with Gasteiger partial charge in [-0.25, -0.2) is 9.59 Å². The quantitative estimate of drug-likeness (QED) is 0.426. The van der Waals surface area contributed by atoms with Crippen LogP contribution < -0.4 is 16.0 Å². The number of aliphatic carboxylic acids is 1. The highest BCUT2D eigenvalue weighted by Crippen LogP contribution is 1.97. The lowest BCUT2D eigenvalue weighted by molar-refractivity contribution is -0.139. The zero-order chi connectivity index (χ0) is 15.1. The predicted molar refractivity (Wildman–Crippen MR) is 67.6 cm³/mol. The monoisotopic (exact) mass is 275 g/mol. The summed E-state index contributed by atoms with van der Waals surface area (Å²) in [6, 6.07) is -1.96. The average molecular weight is 275 g/mol. The van der Waals surface area contributed by atoms with E-state index in [4.69, 9.17) is 10.2 Å². The zero-order valence-electron chi connectivity index (χ0n) is 11.3. The average Bonchev–Trinajstić information content (AvgIpc) is 2.23. The second-order valence-electron chi connectivity index (χ2n) is 5.03. The molecule has 0 spiro atoms. The van der Waals surface area contributed by atoms with E-state index in [1.54, 1.807) is 20.8 Å². The van der Waals surface area contributed by atoms with Crippen LogP contribution in [0, 0.1) is 0 Å². The molecular weight excluding hydrogens is 254 g/mol. The van der Waals surface area contributed by atoms with E-state index in [2.05, 4.69) is 16.0 Å². The fourth-order valence-corrected chi connectivity index (χ4v) is 1.22. The molecule has 19 heavy (non-hydrogen) atoms. The van der Waals surface area contributed by atoms with Gasteiger partial charge in [0.25, 0.3) is 0 Å². The molecule has 0 heterocycles. The maximum atomic E-state index is 11.4. The number of nitrogens with one attached hydrogen (secondary N) is 3. The van der Waals surface area contributed by atoms with Gasteiger partial charge in [0.2, 0.25) is 5.91 Å². The first-order valence-corrected chi connectivity index (χ1v) is 5.84. The van der Waals surface area contributed by atoms with E-state index in [1.807, 2.05) is 0 Å². The number of carbonyl (C=O) groups is 3. The highest BCUT2D eigenvalue weighted by Gasteiger charge is 2.20. The number of carboxylic acids is 1. The first-order valence-electron chi connectivity index (χ1n) is 5.84. The number of rotatable bonds is 6. The van der Waals surface area contributed by atoms with E-state index in [1.165, 1.54) is 0 Å². The van der Waals surface area contributed by atoms with Crippen molar-refractivity contribution in [2.75, 3.05) is 13.2 Å². The fourth-order valence-electron chi connectivity index (χ4n) is 1.22. The molecule has 110 valence electrons. The molecule has 0 bridgehead atoms. The Labute approximate surface area is 111 Å². The standard InChI is InChI=1S/C11H21N3O5/c1-11(2,3)14-8(16)6-12-10(19)13-7(4-5-15)9(17)18/h7,15H,4-6H2,1-3H3,(H,14,16)(H,17,18)(H2,12,13,19). The highest BCUT2D eigenvalue weighted by molar-refractivity contribution is 5.86. The van der Waals surface area contributed by atoms with Crippen molar-refractivity contribution < 1.29 is 24.6 Å². The molecule has 0 aliphatic carbocycles. The van der Waals surface area contributed by atoms with Gasteiger partial charge in [-0.15, -0.1) is 0 Å². The summed E-state index contributed by atoms with van der Waals surface area (Å²) in [5, 5.41) is 24.4. The maximum absolute atomic E-state index is 11.4. The molecule has 3 amide bonds. The minimum absolute atomic E-state index is 0.100. The first kappa shape index (κ1) is 17.2. The molecule has 0 radical (unpaired) electrons. The van der Waals surface area contributed by atoms with Gasteiger partial charge >= 0.3 is 12.0 Å². The summed E-state index contributed by atoms with van der Waals surface area (Å²) in [5.41, 5.74) is -0.407. The Kier molecular flexibility index (Phi) is 6.84. The van der Waals surface area contributed by atoms with Crippen LogP contribution in [0.2, 0.25) is 0 Å². The van der Waals surface area contributed by atoms with Crippen LogP contribution in [0.25, 0.3) is 0 Å². The SMILES string of the molecule is CC(C)(C)NC(=O)CNC(=O)NC(CCO)C(=O)O. The van der Waals surface area contributed by atoms with Gasteiger partial charge < -0.3 is 26.2 Å². The highest BCUT2D eigenvalue weighted by atomic mass is 16.4. The molecule has 0 aliphatic rings. The third-order valence-corrected chi connectivity index (χ3v) is 1.95. The van der Waals surface area contributed by atoms with Crippen LogP contribution in [0.5, 0.6) is 0 Å². The molecule has 0 aromatic carbocycles. The summed E-state index contributed by atoms with van der Waals surface area (Å²) in [7, 11) is 0. The number of carboxylic acid groups (broad SMARTS) is 1. The minimum atomic E-state index is -1.25. The number of urea groups is 1. The van der Waals surface area contributed by atoms with Crippen molar-refractivity contribution in [3.8, 4) is 0 Å². The Morgan fingerprint density at radius 3 is 2.21 bits per heavy atom. The number of aliphatic hydroxyl groups is 1. The lowest BCUT2D eigenvalue weighted by atomic mass is 10.1. The molecule has 0 saturated carbocycles. The molecule has 0 saturated heterocycles. The smallest absolute Gasteiger partial charge is 0.326 e. The Bertz CT molecular complexity index is 338. The number of carbonyl (C=O) groups excluding carboxylic acids is 2. The van der Waals surface area contributed by atoms with E-state index in [0.717, 1.165) is 0 Å². The molecule has 0 aliphatic heterocycles. The minimum Gasteiger partial charge on any atom is -0.480 e. The van der Waals surface area contributed by atoms with Crippen molar-refractivity contribution in [1.29, 1.82) is 0 Å². The maximum Gasteiger partial charge on any atom is 0.326 e. The van der Waals surface area contributed by atoms with E-state index in [-0.39, 0.29) is 25.5 Å². The van der Waals surface area contributed by atoms with Gasteiger partial charge in [-0.05, 0) is 20.8 Å². The summed E-state index contributed by atoms with van der Waals surface area (Å²) in [6.45, 7) is 4.78. The molecule has 0 fully saturated rings. The van der Waals surface area contributed by atoms with Crippen LogP contribution in [-0.4, -0.2) is 52.9 Å². The van der Waals surface area contributed by atoms with Gasteiger partial charge in [0.15, 0.2) is 0 Å². The molecule has 8 nitrogen and oxygen atoms in total. The summed E-state index contributed by atoms with van der Waals surface area (Å²) < 4.78 is 0. The Morgan fingerprint density at radius 2 is 1.79 bits per heavy atom. The van der Waals surface area contributed by atoms with Crippen LogP contribution >= 0.6 is 0 Å². The molecular formula is C11H21N3O5. The van der Waals surface area contributed by atoms with Crippen LogP contribution in [0.15, 0.2) is 0 Å². The predicted octanol–water partition coefficient (Wildman–Crippen LogP) is -0.964. The number of hydrogen-bond acceptors (Lipinski definition) is 4. The van der Waals surface area contributed by atoms with Crippen molar-refractivity contribution in [1.82, 2.24) is 16.0 Å². The lowest BCUT2D eigenvalue weighted by Gasteiger charge is -2.21. The van der Waals surface area contributed by atoms with E-state index >= 15 is 0 Å². The van der Waals surface area contributed by atoms with E-state index < -0.39 is 23.6 Å². The largest absolute Gasteiger partial charge is 0.480 e. The van der Waals surface area contributed by atoms with Crippen LogP contribution in [0.4, 0.5) is 4.79 Å². The third-order valence-electron chi connectivity index (χ3n) is 1.95. The summed E-state index contributed by atoms with van der Waals surface area (Å²) >= 11 is 0. The van der Waals surface area contributed by atoms with E-state index in [9.17, 15) is 14.4 Å². The van der Waals surface area contributed by atoms with Crippen molar-refractivity contribution in [3.63, 3.8) is 0 Å². The van der Waals surface area contributed by atoms with Crippen molar-refractivity contribution >= 4 is 17.9 Å². The molecule has 0 aromatic heterocycles. The van der Waals surface area contributed by atoms with Gasteiger partial charge in [0.05, 0.1) is 6.54 Å². The van der Waals surface area contributed by atoms with Gasteiger partial charge in [-0.2, -0.15) is 0 Å². The normalized spacial score (nSPS) is 12.4. The van der Waals surface area contributed by atoms with Gasteiger partial charge in [0.1, 0.15) is 6.04 Å². The topological polar surface area (TPSA) is 128 Å². The Balaban J connectivity index is 4.11. The van der Waals surface area contributed by atoms with Crippen LogP contribution in [0.3, 0.4) is 0 Å². The molecule has 8 heteroatoms. The number of aliphatic hydroxyl groups excluding tert-OH is 1. The molecule has 0 aromatic rings. The summed E-state index contributed by atoms with van der Waals surface area (Å²) in [5.74, 6) is -1.62. The van der Waals surface area contributed by atoms with Gasteiger partial charge in [-0.1, -0.05) is 0 Å². The Morgan fingerprint density at radius 1 is 1.21 bits per heavy atom. The molecule has 1 unspecified atom stereocenters. The summed E-state index contributed by atoms with van der Waals surface area (Å²) in [4.78, 5) is 33.5. The second kappa shape index (κ2) is 7.57.